The smallest absolute Gasteiger partial charge is 0.441 e. The number of benzene rings is 1. The van der Waals surface area contributed by atoms with Crippen molar-refractivity contribution < 1.29 is 27.5 Å². The molecule has 1 atom stereocenters. The molecule has 0 fully saturated rings. The van der Waals surface area contributed by atoms with Crippen molar-refractivity contribution in [2.75, 3.05) is 12.4 Å². The van der Waals surface area contributed by atoms with Gasteiger partial charge in [0.05, 0.1) is 7.11 Å². The summed E-state index contributed by atoms with van der Waals surface area (Å²) in [5, 5.41) is 4.02. The summed E-state index contributed by atoms with van der Waals surface area (Å²) in [6.45, 7) is 3.23. The van der Waals surface area contributed by atoms with Crippen molar-refractivity contribution in [3.8, 4) is 0 Å². The number of hydrogen-bond acceptors (Lipinski definition) is 5. The third-order valence-electron chi connectivity index (χ3n) is 3.74. The number of carbonyl (C=O) groups excluding carboxylic acids is 2. The number of esters is 1. The molecule has 1 amide bonds. The molecule has 10 heteroatoms. The van der Waals surface area contributed by atoms with Crippen molar-refractivity contribution in [1.82, 2.24) is 10.3 Å². The average Bonchev–Trinajstić information content (AvgIpc) is 2.59. The molecule has 0 aliphatic heterocycles. The highest BCUT2D eigenvalue weighted by atomic mass is 35.5. The first-order chi connectivity index (χ1) is 13.0. The van der Waals surface area contributed by atoms with Crippen LogP contribution >= 0.6 is 11.6 Å². The van der Waals surface area contributed by atoms with Crippen LogP contribution in [0.4, 0.5) is 19.0 Å². The Morgan fingerprint density at radius 3 is 2.21 bits per heavy atom. The van der Waals surface area contributed by atoms with Gasteiger partial charge in [-0.2, -0.15) is 13.2 Å². The first-order valence-corrected chi connectivity index (χ1v) is 8.33. The molecule has 0 aliphatic rings. The van der Waals surface area contributed by atoms with Gasteiger partial charge in [-0.15, -0.1) is 0 Å². The van der Waals surface area contributed by atoms with Crippen molar-refractivity contribution in [3.05, 3.63) is 58.2 Å². The first-order valence-electron chi connectivity index (χ1n) is 7.95. The fourth-order valence-electron chi connectivity index (χ4n) is 2.49. The zero-order chi connectivity index (χ0) is 21.1. The van der Waals surface area contributed by atoms with Crippen LogP contribution in [0.25, 0.3) is 0 Å². The van der Waals surface area contributed by atoms with Crippen LogP contribution in [0.2, 0.25) is 5.02 Å². The van der Waals surface area contributed by atoms with Crippen molar-refractivity contribution in [3.63, 3.8) is 0 Å². The van der Waals surface area contributed by atoms with E-state index in [9.17, 15) is 22.8 Å². The van der Waals surface area contributed by atoms with Gasteiger partial charge in [0.25, 0.3) is 5.91 Å². The molecule has 0 spiro atoms. The molecule has 0 saturated carbocycles. The molecule has 150 valence electrons. The zero-order valence-corrected chi connectivity index (χ0v) is 15.9. The molecular weight excluding hydrogens is 399 g/mol. The lowest BCUT2D eigenvalue weighted by Crippen LogP contribution is -2.69. The number of rotatable bonds is 5. The molecule has 2 rings (SSSR count). The fraction of sp³-hybridized carbons (Fsp3) is 0.278. The second-order valence-electron chi connectivity index (χ2n) is 6.00. The Morgan fingerprint density at radius 1 is 1.11 bits per heavy atom. The average molecular weight is 416 g/mol. The molecule has 28 heavy (non-hydrogen) atoms. The number of aromatic nitrogens is 1. The van der Waals surface area contributed by atoms with E-state index in [1.807, 2.05) is 5.32 Å². The number of pyridine rings is 1. The Balaban J connectivity index is 2.52. The van der Waals surface area contributed by atoms with Gasteiger partial charge in [-0.25, -0.2) is 9.78 Å². The van der Waals surface area contributed by atoms with E-state index in [2.05, 4.69) is 9.72 Å². The van der Waals surface area contributed by atoms with E-state index in [1.54, 1.807) is 25.2 Å². The van der Waals surface area contributed by atoms with Crippen LogP contribution in [0.15, 0.2) is 36.4 Å². The van der Waals surface area contributed by atoms with Crippen LogP contribution in [0, 0.1) is 13.8 Å². The van der Waals surface area contributed by atoms with Crippen LogP contribution < -0.4 is 10.6 Å². The Labute approximate surface area is 164 Å². The van der Waals surface area contributed by atoms with E-state index in [-0.39, 0.29) is 11.4 Å². The monoisotopic (exact) mass is 415 g/mol. The van der Waals surface area contributed by atoms with Crippen molar-refractivity contribution in [1.29, 1.82) is 0 Å². The summed E-state index contributed by atoms with van der Waals surface area (Å²) in [6.07, 6.45) is -5.25. The summed E-state index contributed by atoms with van der Waals surface area (Å²) >= 11 is 5.73. The molecule has 1 heterocycles. The second kappa shape index (κ2) is 8.05. The molecule has 0 unspecified atom stereocenters. The number of halogens is 4. The van der Waals surface area contributed by atoms with Crippen molar-refractivity contribution >= 4 is 29.3 Å². The van der Waals surface area contributed by atoms with Gasteiger partial charge in [0.15, 0.2) is 0 Å². The molecule has 0 aliphatic carbocycles. The van der Waals surface area contributed by atoms with E-state index < -0.39 is 23.7 Å². The number of ether oxygens (including phenoxy) is 1. The van der Waals surface area contributed by atoms with Crippen LogP contribution in [-0.2, 0) is 9.53 Å². The van der Waals surface area contributed by atoms with Gasteiger partial charge in [0.2, 0.25) is 0 Å². The lowest BCUT2D eigenvalue weighted by atomic mass is 10.1. The van der Waals surface area contributed by atoms with Crippen molar-refractivity contribution in [2.24, 2.45) is 0 Å². The fourth-order valence-corrected chi connectivity index (χ4v) is 2.61. The molecule has 2 aromatic rings. The Bertz CT molecular complexity index is 868. The summed E-state index contributed by atoms with van der Waals surface area (Å²) < 4.78 is 46.4. The highest BCUT2D eigenvalue weighted by Gasteiger charge is 2.63. The predicted octanol–water partition coefficient (Wildman–Crippen LogP) is 3.63. The molecular formula is C18H17ClF3N3O3. The quantitative estimate of drug-likeness (QED) is 0.576. The standard InChI is InChI=1S/C18H17ClF3N3O3/c1-10-8-11(2)23-14(9-10)24-17(16(27)28-3,18(20,21)22)25-15(26)12-4-6-13(19)7-5-12/h4-9H,1-3H3,(H,23,24)(H,25,26)/t17-/m0/s1. The number of hydrogen-bond donors (Lipinski definition) is 2. The highest BCUT2D eigenvalue weighted by Crippen LogP contribution is 2.33. The number of alkyl halides is 3. The Hall–Kier alpha value is -2.81. The van der Waals surface area contributed by atoms with Gasteiger partial charge in [-0.1, -0.05) is 11.6 Å². The Morgan fingerprint density at radius 2 is 1.71 bits per heavy atom. The molecule has 1 aromatic heterocycles. The van der Waals surface area contributed by atoms with Crippen LogP contribution in [0.3, 0.4) is 0 Å². The van der Waals surface area contributed by atoms with Gasteiger partial charge in [-0.3, -0.25) is 4.79 Å². The first kappa shape index (κ1) is 21.5. The van der Waals surface area contributed by atoms with Crippen LogP contribution in [0.1, 0.15) is 21.6 Å². The summed E-state index contributed by atoms with van der Waals surface area (Å²) in [7, 11) is 0.786. The summed E-state index contributed by atoms with van der Waals surface area (Å²) in [5.41, 5.74) is -2.64. The number of carbonyl (C=O) groups is 2. The van der Waals surface area contributed by atoms with E-state index in [1.165, 1.54) is 30.3 Å². The second-order valence-corrected chi connectivity index (χ2v) is 6.43. The minimum Gasteiger partial charge on any atom is -0.466 e. The molecule has 6 nitrogen and oxygen atoms in total. The summed E-state index contributed by atoms with van der Waals surface area (Å²) in [6, 6.07) is 8.08. The predicted molar refractivity (Wildman–Crippen MR) is 97.1 cm³/mol. The number of anilines is 1. The third-order valence-corrected chi connectivity index (χ3v) is 3.99. The normalized spacial score (nSPS) is 13.4. The zero-order valence-electron chi connectivity index (χ0n) is 15.1. The van der Waals surface area contributed by atoms with Gasteiger partial charge in [0, 0.05) is 16.3 Å². The molecule has 1 aromatic carbocycles. The largest absolute Gasteiger partial charge is 0.466 e. The van der Waals surface area contributed by atoms with Gasteiger partial charge >= 0.3 is 17.8 Å². The lowest BCUT2D eigenvalue weighted by molar-refractivity contribution is -0.203. The van der Waals surface area contributed by atoms with E-state index in [0.29, 0.717) is 16.3 Å². The van der Waals surface area contributed by atoms with Gasteiger partial charge in [-0.05, 0) is 55.8 Å². The maximum Gasteiger partial charge on any atom is 0.441 e. The van der Waals surface area contributed by atoms with E-state index in [4.69, 9.17) is 11.6 Å². The number of nitrogens with zero attached hydrogens (tertiary/aromatic N) is 1. The molecule has 0 bridgehead atoms. The summed E-state index contributed by atoms with van der Waals surface area (Å²) in [5.74, 6) is -3.16. The highest BCUT2D eigenvalue weighted by molar-refractivity contribution is 6.30. The third kappa shape index (κ3) is 4.53. The van der Waals surface area contributed by atoms with E-state index in [0.717, 1.165) is 7.11 Å². The Kier molecular flexibility index (Phi) is 6.18. The summed E-state index contributed by atoms with van der Waals surface area (Å²) in [4.78, 5) is 28.6. The SMILES string of the molecule is COC(=O)[C@@](NC(=O)c1ccc(Cl)cc1)(Nc1cc(C)cc(C)n1)C(F)(F)F. The number of nitrogens with one attached hydrogen (secondary N) is 2. The lowest BCUT2D eigenvalue weighted by Gasteiger charge is -2.34. The van der Waals surface area contributed by atoms with Crippen molar-refractivity contribution in [2.45, 2.75) is 25.7 Å². The minimum absolute atomic E-state index is 0.128. The minimum atomic E-state index is -5.25. The van der Waals surface area contributed by atoms with Crippen LogP contribution in [0.5, 0.6) is 0 Å². The number of amides is 1. The topological polar surface area (TPSA) is 80.3 Å². The van der Waals surface area contributed by atoms with Gasteiger partial charge < -0.3 is 15.4 Å². The number of methoxy groups -OCH3 is 1. The molecule has 0 radical (unpaired) electrons. The van der Waals surface area contributed by atoms with E-state index >= 15 is 0 Å². The van der Waals surface area contributed by atoms with Gasteiger partial charge in [0.1, 0.15) is 5.82 Å². The van der Waals surface area contributed by atoms with Crippen LogP contribution in [-0.4, -0.2) is 35.8 Å². The maximum atomic E-state index is 14.0. The maximum absolute atomic E-state index is 14.0. The number of aryl methyl sites for hydroxylation is 2. The molecule has 2 N–H and O–H groups in total. The molecule has 0 saturated heterocycles.